The highest BCUT2D eigenvalue weighted by Gasteiger charge is 2.44. The van der Waals surface area contributed by atoms with Gasteiger partial charge in [0.2, 0.25) is 94.5 Å². The van der Waals surface area contributed by atoms with E-state index in [1.807, 2.05) is 0 Å². The molecule has 1 heterocycles. The van der Waals surface area contributed by atoms with Gasteiger partial charge in [0.25, 0.3) is 0 Å². The van der Waals surface area contributed by atoms with Gasteiger partial charge in [0.15, 0.2) is 0 Å². The monoisotopic (exact) mass is 1790 g/mol. The van der Waals surface area contributed by atoms with Crippen molar-refractivity contribution in [1.29, 1.82) is 0 Å². The number of carbonyl (C=O) groups is 21. The third-order valence-electron chi connectivity index (χ3n) is 21.8. The number of rotatable bonds is 60. The average Bonchev–Trinajstić information content (AvgIpc) is 1.62. The second-order valence-corrected chi connectivity index (χ2v) is 31.7. The van der Waals surface area contributed by atoms with Crippen molar-refractivity contribution in [2.24, 2.45) is 46.8 Å². The molecule has 0 bridgehead atoms. The summed E-state index contributed by atoms with van der Waals surface area (Å²) in [6, 6.07) is -16.2. The Kier molecular flexibility index (Phi) is 48.9. The smallest absolute Gasteiger partial charge is 0.326 e. The van der Waals surface area contributed by atoms with E-state index in [1.54, 1.807) is 85.7 Å². The number of carboxylic acid groups (broad SMARTS) is 5. The lowest BCUT2D eigenvalue weighted by molar-refractivity contribution is -0.144. The minimum atomic E-state index is -2.07. The first-order valence-corrected chi connectivity index (χ1v) is 42.3. The lowest BCUT2D eigenvalue weighted by Gasteiger charge is -2.32. The van der Waals surface area contributed by atoms with Crippen LogP contribution in [0, 0.1) is 29.6 Å². The number of aliphatic carboxylic acids is 5. The fourth-order valence-corrected chi connectivity index (χ4v) is 13.1. The Morgan fingerprint density at radius 1 is 0.405 bits per heavy atom. The average molecular weight is 1790 g/mol. The van der Waals surface area contributed by atoms with Crippen molar-refractivity contribution < 1.29 is 131 Å². The van der Waals surface area contributed by atoms with E-state index >= 15 is 0 Å². The zero-order chi connectivity index (χ0) is 95.5. The fraction of sp³-hybridized carbons (Fsp3) is 0.667. The summed E-state index contributed by atoms with van der Waals surface area (Å²) in [6.07, 6.45) is -4.29. The molecule has 1 aromatic rings. The number of carboxylic acids is 5. The summed E-state index contributed by atoms with van der Waals surface area (Å²) in [5, 5.41) is 93.3. The molecular weight excluding hydrogens is 1660 g/mol. The van der Waals surface area contributed by atoms with Crippen LogP contribution in [0.25, 0.3) is 0 Å². The van der Waals surface area contributed by atoms with Gasteiger partial charge in [-0.15, -0.1) is 0 Å². The number of nitrogens with zero attached hydrogens (tertiary/aromatic N) is 1. The van der Waals surface area contributed by atoms with Gasteiger partial charge in [0.1, 0.15) is 84.6 Å². The molecule has 1 aliphatic heterocycles. The van der Waals surface area contributed by atoms with Gasteiger partial charge >= 0.3 is 29.8 Å². The zero-order valence-corrected chi connectivity index (χ0v) is 73.1. The molecule has 0 radical (unpaired) electrons. The lowest BCUT2D eigenvalue weighted by Crippen LogP contribution is -2.62. The van der Waals surface area contributed by atoms with Crippen LogP contribution >= 0.6 is 0 Å². The molecular formula is C81H130N18O27. The predicted octanol–water partition coefficient (Wildman–Crippen LogP) is -4.63. The molecule has 2 rings (SSSR count). The number of benzene rings is 1. The van der Waals surface area contributed by atoms with E-state index in [4.69, 9.17) is 17.2 Å². The molecule has 0 unspecified atom stereocenters. The minimum Gasteiger partial charge on any atom is -0.481 e. The number of unbranched alkanes of at least 4 members (excludes halogenated alkanes) is 1. The van der Waals surface area contributed by atoms with E-state index in [-0.39, 0.29) is 77.3 Å². The first kappa shape index (κ1) is 110. The van der Waals surface area contributed by atoms with E-state index in [0.717, 1.165) is 4.90 Å². The Morgan fingerprint density at radius 3 is 1.21 bits per heavy atom. The summed E-state index contributed by atoms with van der Waals surface area (Å²) < 4.78 is 0. The van der Waals surface area contributed by atoms with Gasteiger partial charge < -0.3 is 127 Å². The summed E-state index contributed by atoms with van der Waals surface area (Å²) in [6.45, 7) is 15.3. The Labute approximate surface area is 729 Å². The zero-order valence-electron chi connectivity index (χ0n) is 73.1. The maximum atomic E-state index is 14.7. The molecule has 0 spiro atoms. The molecule has 0 aliphatic carbocycles. The van der Waals surface area contributed by atoms with Crippen molar-refractivity contribution in [3.8, 4) is 0 Å². The van der Waals surface area contributed by atoms with Gasteiger partial charge in [-0.3, -0.25) is 95.9 Å². The maximum absolute atomic E-state index is 14.7. The Bertz CT molecular complexity index is 3930. The Morgan fingerprint density at radius 2 is 0.770 bits per heavy atom. The third-order valence-corrected chi connectivity index (χ3v) is 21.8. The minimum absolute atomic E-state index is 0.0737. The number of amides is 16. The molecule has 0 saturated carbocycles. The van der Waals surface area contributed by atoms with Crippen LogP contribution in [0.3, 0.4) is 0 Å². The number of aliphatic hydroxyl groups is 1. The molecule has 26 N–H and O–H groups in total. The fourth-order valence-electron chi connectivity index (χ4n) is 13.1. The van der Waals surface area contributed by atoms with Crippen LogP contribution in [-0.4, -0.2) is 277 Å². The van der Waals surface area contributed by atoms with Crippen LogP contribution < -0.4 is 91.6 Å². The number of nitrogens with two attached hydrogens (primary N) is 3. The SMILES string of the molecule is CC[C@H](C)[C@H](NC(=O)[C@H](CCC(N)=O)NC(=O)[C@H](CCCCN)NC(=O)[C@@H](NC(=O)[C@@H](NC(=O)[C@H](CC(=O)O)NC(=O)[C@H](CCC(=O)O)NC(=O)[C@@H]1CCCN1C(=O)[C@@H](NC(=O)CNC(=O)[C@H](CO)NC(=O)[C@H](Cc1ccccc1)NC(=O)[C@H](CC(=O)O)NC(=O)[C@@H](NC(=O)[C@H](CCC(=O)O)NC(=O)[C@H](C)N)[C@@H](C)CC)[C@@H](C)CC)[C@@H](C)CC)[C@@H](C)CC)C(=O)O. The van der Waals surface area contributed by atoms with Crippen molar-refractivity contribution >= 4 is 124 Å². The number of carbonyl (C=O) groups excluding carboxylic acids is 16. The molecule has 45 nitrogen and oxygen atoms in total. The topological polar surface area (TPSA) is 730 Å². The first-order valence-electron chi connectivity index (χ1n) is 42.3. The highest BCUT2D eigenvalue weighted by atomic mass is 16.4. The van der Waals surface area contributed by atoms with Crippen molar-refractivity contribution in [3.63, 3.8) is 0 Å². The van der Waals surface area contributed by atoms with Crippen LogP contribution in [0.5, 0.6) is 0 Å². The maximum Gasteiger partial charge on any atom is 0.326 e. The van der Waals surface area contributed by atoms with Gasteiger partial charge in [-0.1, -0.05) is 132 Å². The Hall–Kier alpha value is -12.0. The summed E-state index contributed by atoms with van der Waals surface area (Å²) in [7, 11) is 0. The molecule has 0 aromatic heterocycles. The summed E-state index contributed by atoms with van der Waals surface area (Å²) in [5.41, 5.74) is 17.2. The van der Waals surface area contributed by atoms with Gasteiger partial charge in [-0.2, -0.15) is 0 Å². The summed E-state index contributed by atoms with van der Waals surface area (Å²) >= 11 is 0. The number of likely N-dealkylation sites (tertiary alicyclic amines) is 1. The number of hydrogen-bond donors (Lipinski definition) is 23. The first-order chi connectivity index (χ1) is 59.2. The molecule has 20 atom stereocenters. The van der Waals surface area contributed by atoms with Crippen LogP contribution in [0.1, 0.15) is 197 Å². The molecule has 126 heavy (non-hydrogen) atoms. The van der Waals surface area contributed by atoms with E-state index in [2.05, 4.69) is 74.4 Å². The predicted molar refractivity (Wildman–Crippen MR) is 448 cm³/mol. The van der Waals surface area contributed by atoms with Crippen LogP contribution in [-0.2, 0) is 107 Å². The quantitative estimate of drug-likeness (QED) is 0.0273. The van der Waals surface area contributed by atoms with Crippen LogP contribution in [0.4, 0.5) is 0 Å². The molecule has 16 amide bonds. The van der Waals surface area contributed by atoms with Gasteiger partial charge in [-0.25, -0.2) is 4.79 Å². The van der Waals surface area contributed by atoms with E-state index in [0.29, 0.717) is 18.4 Å². The Balaban J connectivity index is 2.45. The number of aliphatic hydroxyl groups excluding tert-OH is 1. The molecule has 1 fully saturated rings. The number of primary amides is 1. The number of hydrogen-bond acceptors (Lipinski definition) is 24. The van der Waals surface area contributed by atoms with E-state index < -0.39 is 303 Å². The second-order valence-electron chi connectivity index (χ2n) is 31.7. The van der Waals surface area contributed by atoms with Crippen molar-refractivity contribution in [3.05, 3.63) is 35.9 Å². The van der Waals surface area contributed by atoms with Crippen molar-refractivity contribution in [1.82, 2.24) is 79.3 Å². The van der Waals surface area contributed by atoms with E-state index in [1.165, 1.54) is 20.8 Å². The number of nitrogens with one attached hydrogen (secondary N) is 14. The standard InChI is InChI=1S/C81H130N18O27/c1-12-40(6)62(95-71(115)50(29-32-59(105)106)86-67(111)45(11)83)78(122)92-52(36-60(107)108)74(118)90-51(35-46-23-18-17-19-24-46)73(117)93-54(39-100)68(112)85-38-57(102)94-65(43(9)15-4)80(124)99-34-22-26-55(99)76(120)88-49(28-31-58(103)104)70(114)91-53(37-61(109)110)75(119)96-64(42(8)14-3)79(123)97-63(41(7)13-2)77(121)89-47(25-20-21-33-82)69(113)87-48(27-30-56(84)101)72(116)98-66(81(125)126)44(10)16-5/h17-19,23-24,40-45,47-55,62-66,100H,12-16,20-22,25-39,82-83H2,1-11H3,(H2,84,101)(H,85,112)(H,86,111)(H,87,113)(H,88,120)(H,89,121)(H,90,118)(H,91,114)(H,92,122)(H,93,117)(H,94,102)(H,95,115)(H,96,119)(H,97,123)(H,98,116)(H,103,104)(H,105,106)(H,107,108)(H,109,110)(H,125,126)/t40-,41-,42-,43-,44-,45-,47-,48-,49-,50-,51-,52-,53-,54-,55-,62-,63-,64-,65-,66-/m0/s1. The van der Waals surface area contributed by atoms with Gasteiger partial charge in [0, 0.05) is 32.2 Å². The van der Waals surface area contributed by atoms with Crippen molar-refractivity contribution in [2.75, 3.05) is 26.2 Å². The van der Waals surface area contributed by atoms with Crippen molar-refractivity contribution in [2.45, 2.75) is 289 Å². The van der Waals surface area contributed by atoms with Crippen LogP contribution in [0.15, 0.2) is 30.3 Å². The summed E-state index contributed by atoms with van der Waals surface area (Å²) in [4.78, 5) is 284. The highest BCUT2D eigenvalue weighted by molar-refractivity contribution is 6.02. The molecule has 1 aromatic carbocycles. The molecule has 1 saturated heterocycles. The van der Waals surface area contributed by atoms with E-state index in [9.17, 15) is 131 Å². The lowest BCUT2D eigenvalue weighted by atomic mass is 9.94. The molecule has 706 valence electrons. The second kappa shape index (κ2) is 56.0. The highest BCUT2D eigenvalue weighted by Crippen LogP contribution is 2.24. The molecule has 1 aliphatic rings. The molecule has 45 heteroatoms. The van der Waals surface area contributed by atoms with Crippen LogP contribution in [0.2, 0.25) is 0 Å². The largest absolute Gasteiger partial charge is 0.481 e. The summed E-state index contributed by atoms with van der Waals surface area (Å²) in [5.74, 6) is -27.8. The third kappa shape index (κ3) is 37.8. The normalized spacial score (nSPS) is 16.9. The van der Waals surface area contributed by atoms with Gasteiger partial charge in [0.05, 0.1) is 32.0 Å². The van der Waals surface area contributed by atoms with Gasteiger partial charge in [-0.05, 0) is 100.0 Å².